The molecule has 0 radical (unpaired) electrons. The van der Waals surface area contributed by atoms with Crippen LogP contribution in [0, 0.1) is 0 Å². The molecule has 2 N–H and O–H groups in total. The number of halogens is 1. The van der Waals surface area contributed by atoms with Crippen molar-refractivity contribution in [2.45, 2.75) is 39.0 Å². The Labute approximate surface area is 204 Å². The monoisotopic (exact) mass is 568 g/mol. The van der Waals surface area contributed by atoms with Gasteiger partial charge < -0.3 is 20.1 Å². The number of morpholine rings is 1. The van der Waals surface area contributed by atoms with Gasteiger partial charge in [-0.05, 0) is 37.8 Å². The summed E-state index contributed by atoms with van der Waals surface area (Å²) in [5, 5.41) is 6.57. The number of rotatable bonds is 12. The van der Waals surface area contributed by atoms with Gasteiger partial charge in [0.15, 0.2) is 5.96 Å². The van der Waals surface area contributed by atoms with E-state index in [1.807, 2.05) is 38.1 Å². The Kier molecular flexibility index (Phi) is 14.3. The maximum atomic E-state index is 12.8. The molecule has 0 bridgehead atoms. The van der Waals surface area contributed by atoms with Gasteiger partial charge in [0.05, 0.1) is 25.5 Å². The molecular weight excluding hydrogens is 531 g/mol. The van der Waals surface area contributed by atoms with E-state index in [0.717, 1.165) is 56.2 Å². The number of nitrogens with zero attached hydrogens (tertiary/aromatic N) is 2. The van der Waals surface area contributed by atoms with Crippen LogP contribution in [0.4, 0.5) is 0 Å². The van der Waals surface area contributed by atoms with Gasteiger partial charge in [-0.3, -0.25) is 0 Å². The van der Waals surface area contributed by atoms with Crippen molar-refractivity contribution in [3.05, 3.63) is 35.4 Å². The molecule has 1 saturated heterocycles. The molecule has 8 nitrogen and oxygen atoms in total. The molecule has 0 aromatic heterocycles. The first-order valence-electron chi connectivity index (χ1n) is 10.8. The fourth-order valence-electron chi connectivity index (χ4n) is 3.15. The lowest BCUT2D eigenvalue weighted by atomic mass is 10.1. The van der Waals surface area contributed by atoms with Crippen molar-refractivity contribution in [3.8, 4) is 0 Å². The van der Waals surface area contributed by atoms with Crippen molar-refractivity contribution in [2.75, 3.05) is 52.6 Å². The Hall–Kier alpha value is -0.950. The molecule has 1 aliphatic rings. The zero-order valence-corrected chi connectivity index (χ0v) is 21.8. The van der Waals surface area contributed by atoms with Crippen LogP contribution in [0.1, 0.15) is 37.8 Å². The van der Waals surface area contributed by atoms with E-state index < -0.39 is 10.0 Å². The van der Waals surface area contributed by atoms with E-state index in [0.29, 0.717) is 32.8 Å². The quantitative estimate of drug-likeness (QED) is 0.174. The number of sulfonamides is 1. The van der Waals surface area contributed by atoms with E-state index >= 15 is 0 Å². The van der Waals surface area contributed by atoms with Crippen LogP contribution < -0.4 is 10.6 Å². The van der Waals surface area contributed by atoms with Gasteiger partial charge in [-0.25, -0.2) is 13.4 Å². The minimum absolute atomic E-state index is 0. The predicted octanol–water partition coefficient (Wildman–Crippen LogP) is 2.34. The molecule has 10 heteroatoms. The van der Waals surface area contributed by atoms with Gasteiger partial charge in [0.1, 0.15) is 0 Å². The Morgan fingerprint density at radius 1 is 1.13 bits per heavy atom. The van der Waals surface area contributed by atoms with Crippen molar-refractivity contribution in [3.63, 3.8) is 0 Å². The molecule has 1 heterocycles. The lowest BCUT2D eigenvalue weighted by Gasteiger charge is -2.26. The van der Waals surface area contributed by atoms with E-state index in [2.05, 4.69) is 15.6 Å². The smallest absolute Gasteiger partial charge is 0.218 e. The van der Waals surface area contributed by atoms with Gasteiger partial charge in [0, 0.05) is 39.4 Å². The second-order valence-corrected chi connectivity index (χ2v) is 9.03. The highest BCUT2D eigenvalue weighted by molar-refractivity contribution is 14.0. The van der Waals surface area contributed by atoms with Crippen LogP contribution in [0.3, 0.4) is 0 Å². The normalized spacial score (nSPS) is 15.4. The van der Waals surface area contributed by atoms with Crippen LogP contribution in [-0.2, 0) is 31.8 Å². The third-order valence-electron chi connectivity index (χ3n) is 4.78. The lowest BCUT2D eigenvalue weighted by molar-refractivity contribution is 0.0729. The highest BCUT2D eigenvalue weighted by atomic mass is 127. The maximum Gasteiger partial charge on any atom is 0.218 e. The molecule has 1 fully saturated rings. The average molecular weight is 569 g/mol. The Bertz CT molecular complexity index is 756. The first-order chi connectivity index (χ1) is 14.6. The van der Waals surface area contributed by atoms with Crippen molar-refractivity contribution in [1.29, 1.82) is 0 Å². The van der Waals surface area contributed by atoms with Gasteiger partial charge in [-0.1, -0.05) is 24.3 Å². The standard InChI is InChI=1S/C21H36N4O4S.HI/c1-3-22-21(23-11-7-8-14-28-4-2)24-17-19-9-5-6-10-20(19)18-30(26,27)25-12-15-29-16-13-25;/h5-6,9-10H,3-4,7-8,11-18H2,1-2H3,(H2,22,23,24);1H. The van der Waals surface area contributed by atoms with Crippen LogP contribution in [0.2, 0.25) is 0 Å². The number of unbranched alkanes of at least 4 members (excludes halogenated alkanes) is 1. The number of ether oxygens (including phenoxy) is 2. The molecule has 1 aromatic carbocycles. The Balaban J connectivity index is 0.00000480. The zero-order chi connectivity index (χ0) is 21.7. The first-order valence-corrected chi connectivity index (χ1v) is 12.4. The lowest BCUT2D eigenvalue weighted by Crippen LogP contribution is -2.41. The summed E-state index contributed by atoms with van der Waals surface area (Å²) < 4.78 is 37.7. The molecule has 2 rings (SSSR count). The first kappa shape index (κ1) is 28.1. The van der Waals surface area contributed by atoms with Gasteiger partial charge in [0.25, 0.3) is 0 Å². The van der Waals surface area contributed by atoms with Crippen LogP contribution >= 0.6 is 24.0 Å². The Morgan fingerprint density at radius 3 is 2.52 bits per heavy atom. The van der Waals surface area contributed by atoms with Gasteiger partial charge in [0.2, 0.25) is 10.0 Å². The third-order valence-corrected chi connectivity index (χ3v) is 6.61. The molecule has 1 aliphatic heterocycles. The Morgan fingerprint density at radius 2 is 1.84 bits per heavy atom. The van der Waals surface area contributed by atoms with Crippen LogP contribution in [0.5, 0.6) is 0 Å². The SMILES string of the molecule is CCNC(=NCc1ccccc1CS(=O)(=O)N1CCOCC1)NCCCCOCC.I. The van der Waals surface area contributed by atoms with E-state index in [1.54, 1.807) is 0 Å². The van der Waals surface area contributed by atoms with Crippen LogP contribution in [0.15, 0.2) is 29.3 Å². The van der Waals surface area contributed by atoms with E-state index in [4.69, 9.17) is 9.47 Å². The average Bonchev–Trinajstić information content (AvgIpc) is 2.75. The summed E-state index contributed by atoms with van der Waals surface area (Å²) in [5.74, 6) is 0.722. The summed E-state index contributed by atoms with van der Waals surface area (Å²) >= 11 is 0. The maximum absolute atomic E-state index is 12.8. The largest absolute Gasteiger partial charge is 0.382 e. The zero-order valence-electron chi connectivity index (χ0n) is 18.6. The number of guanidine groups is 1. The number of hydrogen-bond donors (Lipinski definition) is 2. The summed E-state index contributed by atoms with van der Waals surface area (Å²) in [7, 11) is -3.37. The van der Waals surface area contributed by atoms with Gasteiger partial charge >= 0.3 is 0 Å². The number of nitrogens with one attached hydrogen (secondary N) is 2. The predicted molar refractivity (Wildman–Crippen MR) is 135 cm³/mol. The molecule has 0 aliphatic carbocycles. The molecule has 1 aromatic rings. The second kappa shape index (κ2) is 15.8. The van der Waals surface area contributed by atoms with Crippen LogP contribution in [-0.4, -0.2) is 71.3 Å². The number of benzene rings is 1. The molecule has 0 atom stereocenters. The highest BCUT2D eigenvalue weighted by Crippen LogP contribution is 2.17. The fraction of sp³-hybridized carbons (Fsp3) is 0.667. The molecule has 0 amide bonds. The van der Waals surface area contributed by atoms with Crippen LogP contribution in [0.25, 0.3) is 0 Å². The van der Waals surface area contributed by atoms with E-state index in [9.17, 15) is 8.42 Å². The molecule has 178 valence electrons. The molecular formula is C21H37IN4O4S. The topological polar surface area (TPSA) is 92.3 Å². The van der Waals surface area contributed by atoms with Gasteiger partial charge in [-0.2, -0.15) is 4.31 Å². The number of hydrogen-bond acceptors (Lipinski definition) is 5. The van der Waals surface area contributed by atoms with Crippen molar-refractivity contribution in [1.82, 2.24) is 14.9 Å². The highest BCUT2D eigenvalue weighted by Gasteiger charge is 2.25. The summed E-state index contributed by atoms with van der Waals surface area (Å²) in [6.45, 7) is 9.27. The minimum atomic E-state index is -3.37. The van der Waals surface area contributed by atoms with E-state index in [1.165, 1.54) is 4.31 Å². The molecule has 0 saturated carbocycles. The number of aliphatic imine (C=N–C) groups is 1. The van der Waals surface area contributed by atoms with Gasteiger partial charge in [-0.15, -0.1) is 24.0 Å². The molecule has 0 spiro atoms. The van der Waals surface area contributed by atoms with E-state index in [-0.39, 0.29) is 29.7 Å². The second-order valence-electron chi connectivity index (χ2n) is 7.06. The van der Waals surface area contributed by atoms with Crippen molar-refractivity contribution >= 4 is 40.0 Å². The summed E-state index contributed by atoms with van der Waals surface area (Å²) in [6, 6.07) is 7.61. The van der Waals surface area contributed by atoms with Crippen molar-refractivity contribution in [2.24, 2.45) is 4.99 Å². The summed E-state index contributed by atoms with van der Waals surface area (Å²) in [6.07, 6.45) is 2.00. The molecule has 31 heavy (non-hydrogen) atoms. The third kappa shape index (κ3) is 10.5. The fourth-order valence-corrected chi connectivity index (χ4v) is 4.71. The summed E-state index contributed by atoms with van der Waals surface area (Å²) in [5.41, 5.74) is 1.71. The molecule has 0 unspecified atom stereocenters. The summed E-state index contributed by atoms with van der Waals surface area (Å²) in [4.78, 5) is 4.66. The minimum Gasteiger partial charge on any atom is -0.382 e. The van der Waals surface area contributed by atoms with Crippen molar-refractivity contribution < 1.29 is 17.9 Å².